The molecule has 0 aliphatic heterocycles. The van der Waals surface area contributed by atoms with Crippen LogP contribution in [0.2, 0.25) is 0 Å². The van der Waals surface area contributed by atoms with Gasteiger partial charge >= 0.3 is 0 Å². The van der Waals surface area contributed by atoms with Crippen LogP contribution in [0.1, 0.15) is 23.6 Å². The fourth-order valence-electron chi connectivity index (χ4n) is 4.09. The van der Waals surface area contributed by atoms with Gasteiger partial charge in [0.25, 0.3) is 0 Å². The highest BCUT2D eigenvalue weighted by atomic mass is 32.1. The van der Waals surface area contributed by atoms with Crippen LogP contribution in [0.3, 0.4) is 0 Å². The lowest BCUT2D eigenvalue weighted by Gasteiger charge is -1.99. The predicted molar refractivity (Wildman–Crippen MR) is 151 cm³/mol. The van der Waals surface area contributed by atoms with E-state index >= 15 is 0 Å². The van der Waals surface area contributed by atoms with Gasteiger partial charge in [0.05, 0.1) is 9.40 Å². The Morgan fingerprint density at radius 2 is 1.00 bits per heavy atom. The molecule has 0 nitrogen and oxygen atoms in total. The van der Waals surface area contributed by atoms with Crippen molar-refractivity contribution in [1.29, 1.82) is 0 Å². The number of benzene rings is 2. The fourth-order valence-corrected chi connectivity index (χ4v) is 8.77. The molecule has 4 heterocycles. The van der Waals surface area contributed by atoms with Crippen LogP contribution in [0, 0.1) is 0 Å². The minimum absolute atomic E-state index is 1.31. The number of thiophene rings is 4. The second kappa shape index (κ2) is 8.13. The largest absolute Gasteiger partial charge is 0.136 e. The van der Waals surface area contributed by atoms with Crippen LogP contribution < -0.4 is 0 Å². The smallest absolute Gasteiger partial charge is 0.0542 e. The van der Waals surface area contributed by atoms with E-state index in [4.69, 9.17) is 0 Å². The minimum atomic E-state index is 1.31. The van der Waals surface area contributed by atoms with Crippen molar-refractivity contribution in [1.82, 2.24) is 0 Å². The maximum absolute atomic E-state index is 2.37. The van der Waals surface area contributed by atoms with Gasteiger partial charge in [-0.15, -0.1) is 45.3 Å². The Hall–Kier alpha value is -2.50. The van der Waals surface area contributed by atoms with E-state index in [-0.39, 0.29) is 0 Å². The molecule has 2 aromatic carbocycles. The van der Waals surface area contributed by atoms with E-state index in [9.17, 15) is 0 Å². The van der Waals surface area contributed by atoms with Gasteiger partial charge in [0.1, 0.15) is 0 Å². The Kier molecular flexibility index (Phi) is 5.11. The number of hydrogen-bond donors (Lipinski definition) is 0. The third-order valence-electron chi connectivity index (χ3n) is 5.57. The highest BCUT2D eigenvalue weighted by molar-refractivity contribution is 7.36. The average molecular weight is 485 g/mol. The van der Waals surface area contributed by atoms with Crippen LogP contribution in [0.25, 0.3) is 62.6 Å². The normalized spacial score (nSPS) is 12.4. The zero-order valence-electron chi connectivity index (χ0n) is 17.7. The van der Waals surface area contributed by atoms with E-state index in [0.717, 1.165) is 0 Å². The molecule has 0 amide bonds. The van der Waals surface area contributed by atoms with Gasteiger partial charge in [-0.3, -0.25) is 0 Å². The molecule has 0 spiro atoms. The molecular weight excluding hydrogens is 465 g/mol. The van der Waals surface area contributed by atoms with Gasteiger partial charge in [-0.25, -0.2) is 0 Å². The van der Waals surface area contributed by atoms with Crippen molar-refractivity contribution in [3.05, 3.63) is 82.6 Å². The second-order valence-corrected chi connectivity index (χ2v) is 12.0. The lowest BCUT2D eigenvalue weighted by atomic mass is 10.1. The van der Waals surface area contributed by atoms with Crippen LogP contribution in [0.15, 0.2) is 72.8 Å². The van der Waals surface area contributed by atoms with E-state index in [1.807, 2.05) is 45.3 Å². The van der Waals surface area contributed by atoms with Crippen molar-refractivity contribution in [2.24, 2.45) is 0 Å². The summed E-state index contributed by atoms with van der Waals surface area (Å²) in [5.41, 5.74) is 2.63. The summed E-state index contributed by atoms with van der Waals surface area (Å²) in [7, 11) is 0. The van der Waals surface area contributed by atoms with Crippen molar-refractivity contribution < 1.29 is 0 Å². The predicted octanol–water partition coefficient (Wildman–Crippen LogP) is 10.8. The third kappa shape index (κ3) is 3.39. The zero-order valence-corrected chi connectivity index (χ0v) is 21.0. The van der Waals surface area contributed by atoms with Crippen LogP contribution in [0.4, 0.5) is 0 Å². The van der Waals surface area contributed by atoms with Gasteiger partial charge in [-0.2, -0.15) is 0 Å². The monoisotopic (exact) mass is 484 g/mol. The van der Waals surface area contributed by atoms with Crippen LogP contribution in [-0.4, -0.2) is 0 Å². The molecule has 32 heavy (non-hydrogen) atoms. The molecule has 0 unspecified atom stereocenters. The molecule has 6 aromatic rings. The molecule has 0 saturated heterocycles. The molecule has 0 radical (unpaired) electrons. The van der Waals surface area contributed by atoms with E-state index < -0.39 is 0 Å². The van der Waals surface area contributed by atoms with Crippen molar-refractivity contribution >= 4 is 87.1 Å². The average Bonchev–Trinajstić information content (AvgIpc) is 3.57. The molecule has 0 saturated carbocycles. The fraction of sp³-hybridized carbons (Fsp3) is 0.0714. The maximum atomic E-state index is 2.37. The van der Waals surface area contributed by atoms with Crippen LogP contribution in [0.5, 0.6) is 0 Å². The summed E-state index contributed by atoms with van der Waals surface area (Å²) < 4.78 is 5.60. The molecule has 0 atom stereocenters. The summed E-state index contributed by atoms with van der Waals surface area (Å²) >= 11 is 7.57. The Morgan fingerprint density at radius 1 is 0.531 bits per heavy atom. The summed E-state index contributed by atoms with van der Waals surface area (Å²) in [6.07, 6.45) is 8.54. The van der Waals surface area contributed by atoms with Gasteiger partial charge in [-0.1, -0.05) is 36.4 Å². The highest BCUT2D eigenvalue weighted by Crippen LogP contribution is 2.46. The van der Waals surface area contributed by atoms with Gasteiger partial charge in [0, 0.05) is 39.7 Å². The van der Waals surface area contributed by atoms with Gasteiger partial charge in [0.2, 0.25) is 0 Å². The molecule has 4 aromatic heterocycles. The number of rotatable bonds is 4. The first-order chi connectivity index (χ1) is 15.7. The first-order valence-corrected chi connectivity index (χ1v) is 13.8. The first kappa shape index (κ1) is 20.1. The summed E-state index contributed by atoms with van der Waals surface area (Å²) in [5.74, 6) is 0. The number of hydrogen-bond acceptors (Lipinski definition) is 4. The Morgan fingerprint density at radius 3 is 1.44 bits per heavy atom. The standard InChI is InChI=1S/C28H20S4/c1-3-5-19-9-13-23(29-19)17-7-11-21-25(15-17)31-28-22-12-8-18(16-26(22)32-27(21)28)24-14-10-20(30-24)6-4-2/h3-16H,1-2H3. The second-order valence-electron chi connectivity index (χ2n) is 7.69. The van der Waals surface area contributed by atoms with Crippen LogP contribution >= 0.6 is 45.3 Å². The molecular formula is C28H20S4. The Bertz CT molecular complexity index is 1520. The molecule has 0 bridgehead atoms. The SMILES string of the molecule is CC=Cc1ccc(-c2ccc3c(c2)sc2c4ccc(-c5ccc(C=CC)s5)cc4sc32)s1. The molecule has 0 N–H and O–H groups in total. The lowest BCUT2D eigenvalue weighted by molar-refractivity contribution is 1.78. The van der Waals surface area contributed by atoms with Crippen molar-refractivity contribution in [2.45, 2.75) is 13.8 Å². The third-order valence-corrected chi connectivity index (χ3v) is 10.3. The summed E-state index contributed by atoms with van der Waals surface area (Å²) in [4.78, 5) is 5.28. The summed E-state index contributed by atoms with van der Waals surface area (Å²) in [6.45, 7) is 4.14. The van der Waals surface area contributed by atoms with E-state index in [1.165, 1.54) is 60.2 Å². The zero-order chi connectivity index (χ0) is 21.7. The number of allylic oxidation sites excluding steroid dienone is 2. The summed E-state index contributed by atoms with van der Waals surface area (Å²) in [5, 5.41) is 2.77. The van der Waals surface area contributed by atoms with Crippen LogP contribution in [-0.2, 0) is 0 Å². The maximum Gasteiger partial charge on any atom is 0.0542 e. The molecule has 6 rings (SSSR count). The quantitative estimate of drug-likeness (QED) is 0.233. The van der Waals surface area contributed by atoms with Gasteiger partial charge in [-0.05, 0) is 73.5 Å². The number of fused-ring (bicyclic) bond motifs is 5. The molecule has 4 heteroatoms. The molecule has 0 aliphatic rings. The topological polar surface area (TPSA) is 0 Å². The van der Waals surface area contributed by atoms with E-state index in [1.54, 1.807) is 0 Å². The lowest BCUT2D eigenvalue weighted by Crippen LogP contribution is -1.71. The molecule has 0 aliphatic carbocycles. The first-order valence-electron chi connectivity index (χ1n) is 10.6. The Balaban J connectivity index is 1.43. The molecule has 156 valence electrons. The van der Waals surface area contributed by atoms with Gasteiger partial charge in [0.15, 0.2) is 0 Å². The van der Waals surface area contributed by atoms with Crippen molar-refractivity contribution in [3.63, 3.8) is 0 Å². The summed E-state index contributed by atoms with van der Waals surface area (Å²) in [6, 6.07) is 22.8. The van der Waals surface area contributed by atoms with E-state index in [2.05, 4.69) is 98.8 Å². The Labute approximate surface area is 203 Å². The van der Waals surface area contributed by atoms with Crippen molar-refractivity contribution in [2.75, 3.05) is 0 Å². The molecule has 0 fully saturated rings. The van der Waals surface area contributed by atoms with Gasteiger partial charge < -0.3 is 0 Å². The highest BCUT2D eigenvalue weighted by Gasteiger charge is 2.14. The minimum Gasteiger partial charge on any atom is -0.136 e. The van der Waals surface area contributed by atoms with E-state index in [0.29, 0.717) is 0 Å². The van der Waals surface area contributed by atoms with Crippen molar-refractivity contribution in [3.8, 4) is 20.9 Å².